The summed E-state index contributed by atoms with van der Waals surface area (Å²) in [7, 11) is 0. The first-order valence-corrected chi connectivity index (χ1v) is 4.72. The molecule has 0 spiro atoms. The number of amides is 2. The average molecular weight is 193 g/mol. The van der Waals surface area contributed by atoms with E-state index in [9.17, 15) is 9.59 Å². The van der Waals surface area contributed by atoms with Gasteiger partial charge < -0.3 is 4.74 Å². The first kappa shape index (κ1) is 8.17. The number of carbonyl (C=O) groups excluding carboxylic acids is 2. The first-order valence-electron chi connectivity index (χ1n) is 4.72. The van der Waals surface area contributed by atoms with E-state index in [2.05, 4.69) is 5.32 Å². The predicted molar refractivity (Wildman–Crippen MR) is 47.2 cm³/mol. The third kappa shape index (κ3) is 0.661. The van der Waals surface area contributed by atoms with Crippen molar-refractivity contribution in [1.82, 2.24) is 5.32 Å². The van der Waals surface area contributed by atoms with Crippen LogP contribution in [0, 0.1) is 11.8 Å². The number of imide groups is 1. The van der Waals surface area contributed by atoms with Gasteiger partial charge in [0.05, 0.1) is 23.0 Å². The lowest BCUT2D eigenvalue weighted by Gasteiger charge is -2.22. The molecule has 2 bridgehead atoms. The van der Waals surface area contributed by atoms with Gasteiger partial charge in [-0.25, -0.2) is 0 Å². The molecular weight excluding hydrogens is 182 g/mol. The van der Waals surface area contributed by atoms with E-state index in [-0.39, 0.29) is 23.7 Å². The highest BCUT2D eigenvalue weighted by molar-refractivity contribution is 6.07. The Morgan fingerprint density at radius 1 is 1.14 bits per heavy atom. The van der Waals surface area contributed by atoms with Crippen LogP contribution in [0.2, 0.25) is 0 Å². The lowest BCUT2D eigenvalue weighted by molar-refractivity contribution is -0.132. The van der Waals surface area contributed by atoms with Gasteiger partial charge in [0.15, 0.2) is 0 Å². The number of fused-ring (bicyclic) bond motifs is 5. The summed E-state index contributed by atoms with van der Waals surface area (Å²) in [5.41, 5.74) is -1.18. The van der Waals surface area contributed by atoms with Crippen LogP contribution in [-0.4, -0.2) is 23.0 Å². The van der Waals surface area contributed by atoms with Gasteiger partial charge in [0, 0.05) is 0 Å². The van der Waals surface area contributed by atoms with E-state index in [0.717, 1.165) is 0 Å². The number of hydrogen-bond donors (Lipinski definition) is 1. The minimum absolute atomic E-state index is 0.199. The van der Waals surface area contributed by atoms with Gasteiger partial charge in [0.1, 0.15) is 0 Å². The van der Waals surface area contributed by atoms with Crippen LogP contribution in [0.15, 0.2) is 12.2 Å². The number of nitrogens with one attached hydrogen (secondary N) is 1. The van der Waals surface area contributed by atoms with Crippen molar-refractivity contribution in [2.24, 2.45) is 11.8 Å². The van der Waals surface area contributed by atoms with Gasteiger partial charge in [-0.3, -0.25) is 14.9 Å². The van der Waals surface area contributed by atoms with Crippen LogP contribution in [0.4, 0.5) is 0 Å². The first-order chi connectivity index (χ1) is 6.46. The molecule has 0 radical (unpaired) electrons. The highest BCUT2D eigenvalue weighted by Crippen LogP contribution is 2.55. The highest BCUT2D eigenvalue weighted by Gasteiger charge is 2.68. The monoisotopic (exact) mass is 193 g/mol. The fraction of sp³-hybridized carbons (Fsp3) is 0.600. The Labute approximate surface area is 81.3 Å². The average Bonchev–Trinajstić information content (AvgIpc) is 2.60. The van der Waals surface area contributed by atoms with Crippen LogP contribution >= 0.6 is 0 Å². The quantitative estimate of drug-likeness (QED) is 0.435. The normalized spacial score (nSPS) is 53.9. The lowest BCUT2D eigenvalue weighted by Crippen LogP contribution is -2.36. The minimum Gasteiger partial charge on any atom is -0.359 e. The molecular formula is C10H11NO3. The molecule has 0 aliphatic carbocycles. The number of carbonyl (C=O) groups is 2. The van der Waals surface area contributed by atoms with Gasteiger partial charge in [-0.15, -0.1) is 0 Å². The molecule has 0 unspecified atom stereocenters. The SMILES string of the molecule is C[C@@]12C=C[C@](C)(O1)[C@H]1C(=O)NC(=O)[C@@H]12. The second-order valence-electron chi connectivity index (χ2n) is 4.61. The Balaban J connectivity index is 2.18. The van der Waals surface area contributed by atoms with Crippen molar-refractivity contribution in [3.63, 3.8) is 0 Å². The summed E-state index contributed by atoms with van der Waals surface area (Å²) in [6.45, 7) is 3.72. The van der Waals surface area contributed by atoms with Gasteiger partial charge in [0.2, 0.25) is 11.8 Å². The largest absolute Gasteiger partial charge is 0.359 e. The Morgan fingerprint density at radius 2 is 1.57 bits per heavy atom. The van der Waals surface area contributed by atoms with Crippen molar-refractivity contribution in [2.45, 2.75) is 25.0 Å². The van der Waals surface area contributed by atoms with Gasteiger partial charge in [-0.1, -0.05) is 12.2 Å². The molecule has 0 aromatic carbocycles. The van der Waals surface area contributed by atoms with E-state index in [4.69, 9.17) is 4.74 Å². The molecule has 4 atom stereocenters. The van der Waals surface area contributed by atoms with E-state index in [1.165, 1.54) is 0 Å². The molecule has 1 N–H and O–H groups in total. The third-order valence-electron chi connectivity index (χ3n) is 3.56. The van der Waals surface area contributed by atoms with Crippen molar-refractivity contribution in [3.05, 3.63) is 12.2 Å². The molecule has 0 aromatic heterocycles. The number of rotatable bonds is 0. The summed E-state index contributed by atoms with van der Waals surface area (Å²) < 4.78 is 5.76. The maximum absolute atomic E-state index is 11.6. The Bertz CT molecular complexity index is 355. The predicted octanol–water partition coefficient (Wildman–Crippen LogP) is -0.00740. The van der Waals surface area contributed by atoms with Gasteiger partial charge in [0.25, 0.3) is 0 Å². The van der Waals surface area contributed by atoms with Crippen LogP contribution in [0.3, 0.4) is 0 Å². The molecule has 2 amide bonds. The molecule has 0 aromatic rings. The third-order valence-corrected chi connectivity index (χ3v) is 3.56. The summed E-state index contributed by atoms with van der Waals surface area (Å²) in [4.78, 5) is 23.1. The van der Waals surface area contributed by atoms with Crippen LogP contribution in [-0.2, 0) is 14.3 Å². The smallest absolute Gasteiger partial charge is 0.233 e. The van der Waals surface area contributed by atoms with Gasteiger partial charge >= 0.3 is 0 Å². The van der Waals surface area contributed by atoms with Gasteiger partial charge in [-0.2, -0.15) is 0 Å². The van der Waals surface area contributed by atoms with Crippen LogP contribution in [0.5, 0.6) is 0 Å². The maximum atomic E-state index is 11.6. The van der Waals surface area contributed by atoms with Crippen LogP contribution < -0.4 is 5.32 Å². The molecule has 2 fully saturated rings. The summed E-state index contributed by atoms with van der Waals surface area (Å²) in [6.07, 6.45) is 3.79. The second-order valence-corrected chi connectivity index (χ2v) is 4.61. The molecule has 3 aliphatic heterocycles. The number of hydrogen-bond acceptors (Lipinski definition) is 3. The van der Waals surface area contributed by atoms with Gasteiger partial charge in [-0.05, 0) is 13.8 Å². The zero-order chi connectivity index (χ0) is 10.1. The molecule has 4 heteroatoms. The molecule has 3 rings (SSSR count). The van der Waals surface area contributed by atoms with Crippen molar-refractivity contribution < 1.29 is 14.3 Å². The molecule has 14 heavy (non-hydrogen) atoms. The Morgan fingerprint density at radius 3 is 2.00 bits per heavy atom. The minimum atomic E-state index is -0.588. The van der Waals surface area contributed by atoms with Crippen molar-refractivity contribution in [3.8, 4) is 0 Å². The van der Waals surface area contributed by atoms with Crippen molar-refractivity contribution in [1.29, 1.82) is 0 Å². The summed E-state index contributed by atoms with van der Waals surface area (Å²) in [5.74, 6) is -1.08. The summed E-state index contributed by atoms with van der Waals surface area (Å²) >= 11 is 0. The van der Waals surface area contributed by atoms with Crippen molar-refractivity contribution >= 4 is 11.8 Å². The second kappa shape index (κ2) is 1.93. The fourth-order valence-electron chi connectivity index (χ4n) is 2.97. The topological polar surface area (TPSA) is 55.4 Å². The lowest BCUT2D eigenvalue weighted by atomic mass is 9.73. The molecule has 0 saturated carbocycles. The van der Waals surface area contributed by atoms with Crippen molar-refractivity contribution in [2.75, 3.05) is 0 Å². The van der Waals surface area contributed by atoms with E-state index in [1.54, 1.807) is 0 Å². The molecule has 74 valence electrons. The molecule has 3 aliphatic rings. The van der Waals surface area contributed by atoms with E-state index < -0.39 is 11.2 Å². The fourth-order valence-corrected chi connectivity index (χ4v) is 2.97. The molecule has 3 heterocycles. The number of ether oxygens (including phenoxy) is 1. The molecule has 2 saturated heterocycles. The van der Waals surface area contributed by atoms with E-state index in [1.807, 2.05) is 26.0 Å². The van der Waals surface area contributed by atoms with Crippen LogP contribution in [0.1, 0.15) is 13.8 Å². The highest BCUT2D eigenvalue weighted by atomic mass is 16.5. The maximum Gasteiger partial charge on any atom is 0.233 e. The Hall–Kier alpha value is -1.16. The van der Waals surface area contributed by atoms with E-state index in [0.29, 0.717) is 0 Å². The van der Waals surface area contributed by atoms with E-state index >= 15 is 0 Å². The zero-order valence-electron chi connectivity index (χ0n) is 8.03. The zero-order valence-corrected chi connectivity index (χ0v) is 8.03. The Kier molecular flexibility index (Phi) is 1.13. The standard InChI is InChI=1S/C10H11NO3/c1-9-3-4-10(2,14-9)6-5(9)7(12)11-8(6)13/h3-6H,1-2H3,(H,11,12,13)/t5-,6-,9+,10+/m1/s1. The van der Waals surface area contributed by atoms with Crippen LogP contribution in [0.25, 0.3) is 0 Å². The molecule has 4 nitrogen and oxygen atoms in total. The summed E-state index contributed by atoms with van der Waals surface area (Å²) in [5, 5.41) is 2.37. The summed E-state index contributed by atoms with van der Waals surface area (Å²) in [6, 6.07) is 0.